The number of tetrazole rings is 1. The van der Waals surface area contributed by atoms with Crippen molar-refractivity contribution in [2.45, 2.75) is 112 Å². The van der Waals surface area contributed by atoms with E-state index < -0.39 is 0 Å². The van der Waals surface area contributed by atoms with Crippen LogP contribution in [0.2, 0.25) is 0 Å². The smallest absolute Gasteiger partial charge is 0.219 e. The lowest BCUT2D eigenvalue weighted by Crippen LogP contribution is -1.98. The summed E-state index contributed by atoms with van der Waals surface area (Å²) in [6.07, 6.45) is 18.8. The van der Waals surface area contributed by atoms with E-state index in [9.17, 15) is 10.2 Å². The Labute approximate surface area is 230 Å². The first-order chi connectivity index (χ1) is 18.2. The summed E-state index contributed by atoms with van der Waals surface area (Å²) in [5.74, 6) is 1.21. The van der Waals surface area contributed by atoms with Gasteiger partial charge in [0.25, 0.3) is 0 Å². The molecule has 0 spiro atoms. The summed E-state index contributed by atoms with van der Waals surface area (Å²) in [7, 11) is 0. The molecule has 1 heterocycles. The Hall–Kier alpha value is -2.19. The Morgan fingerprint density at radius 1 is 0.730 bits per heavy atom. The normalized spacial score (nSPS) is 11.3. The number of hydrogen-bond acceptors (Lipinski definition) is 7. The van der Waals surface area contributed by atoms with Crippen molar-refractivity contribution in [3.05, 3.63) is 42.5 Å². The summed E-state index contributed by atoms with van der Waals surface area (Å²) in [5, 5.41) is 33.6. The van der Waals surface area contributed by atoms with Crippen LogP contribution in [-0.2, 0) is 0 Å². The van der Waals surface area contributed by atoms with Gasteiger partial charge in [0.05, 0.1) is 15.5 Å². The monoisotopic (exact) mass is 542 g/mol. The number of phenols is 2. The molecule has 0 bridgehead atoms. The van der Waals surface area contributed by atoms with E-state index in [0.717, 1.165) is 17.9 Å². The molecule has 0 amide bonds. The number of aromatic nitrogens is 4. The number of para-hydroxylation sites is 1. The van der Waals surface area contributed by atoms with Crippen molar-refractivity contribution in [1.82, 2.24) is 20.2 Å². The zero-order chi connectivity index (χ0) is 26.1. The van der Waals surface area contributed by atoms with Crippen molar-refractivity contribution in [3.63, 3.8) is 0 Å². The maximum absolute atomic E-state index is 10.9. The number of phenolic OH excluding ortho intramolecular Hbond substituents is 2. The standard InChI is InChI=1S/C29H42N4O2S2/c1-2-3-4-5-6-7-8-9-10-11-12-13-14-18-21-36-26-22-25(34)23-27(28(26)35)37-29-30-31-32-33(29)24-19-16-15-17-20-24/h15-17,19-20,22-23,34-35H,2-14,18,21H2,1H3. The van der Waals surface area contributed by atoms with Crippen LogP contribution in [0.5, 0.6) is 11.5 Å². The number of hydrogen-bond donors (Lipinski definition) is 2. The minimum Gasteiger partial charge on any atom is -0.508 e. The average Bonchev–Trinajstić information content (AvgIpc) is 3.37. The van der Waals surface area contributed by atoms with Crippen LogP contribution in [0.3, 0.4) is 0 Å². The molecule has 0 aliphatic rings. The van der Waals surface area contributed by atoms with Crippen LogP contribution >= 0.6 is 23.5 Å². The number of benzene rings is 2. The molecule has 3 aromatic rings. The van der Waals surface area contributed by atoms with E-state index in [-0.39, 0.29) is 11.5 Å². The predicted molar refractivity (Wildman–Crippen MR) is 154 cm³/mol. The van der Waals surface area contributed by atoms with Crippen LogP contribution < -0.4 is 0 Å². The summed E-state index contributed by atoms with van der Waals surface area (Å²) in [4.78, 5) is 1.23. The molecule has 0 saturated carbocycles. The molecular weight excluding hydrogens is 500 g/mol. The number of rotatable bonds is 19. The molecule has 202 valence electrons. The zero-order valence-corrected chi connectivity index (χ0v) is 23.8. The lowest BCUT2D eigenvalue weighted by molar-refractivity contribution is 0.435. The van der Waals surface area contributed by atoms with Gasteiger partial charge in [-0.05, 0) is 58.6 Å². The lowest BCUT2D eigenvalue weighted by Gasteiger charge is -2.10. The van der Waals surface area contributed by atoms with Crippen molar-refractivity contribution in [2.75, 3.05) is 5.75 Å². The van der Waals surface area contributed by atoms with E-state index in [1.807, 2.05) is 30.3 Å². The molecule has 0 atom stereocenters. The summed E-state index contributed by atoms with van der Waals surface area (Å²) in [6, 6.07) is 12.8. The number of nitrogens with zero attached hydrogens (tertiary/aromatic N) is 4. The van der Waals surface area contributed by atoms with Crippen molar-refractivity contribution >= 4 is 23.5 Å². The fourth-order valence-electron chi connectivity index (χ4n) is 4.31. The van der Waals surface area contributed by atoms with Gasteiger partial charge in [0, 0.05) is 0 Å². The van der Waals surface area contributed by atoms with Crippen LogP contribution in [0.4, 0.5) is 0 Å². The molecule has 2 N–H and O–H groups in total. The highest BCUT2D eigenvalue weighted by molar-refractivity contribution is 8.00. The Bertz CT molecular complexity index is 1030. The molecular formula is C29H42N4O2S2. The average molecular weight is 543 g/mol. The van der Waals surface area contributed by atoms with Gasteiger partial charge in [-0.15, -0.1) is 16.9 Å². The molecule has 0 unspecified atom stereocenters. The Morgan fingerprint density at radius 3 is 1.92 bits per heavy atom. The minimum atomic E-state index is 0.127. The van der Waals surface area contributed by atoms with E-state index in [1.54, 1.807) is 28.6 Å². The highest BCUT2D eigenvalue weighted by Crippen LogP contribution is 2.42. The fraction of sp³-hybridized carbons (Fsp3) is 0.552. The largest absolute Gasteiger partial charge is 0.508 e. The molecule has 1 aromatic heterocycles. The van der Waals surface area contributed by atoms with Crippen molar-refractivity contribution in [3.8, 4) is 17.2 Å². The van der Waals surface area contributed by atoms with Gasteiger partial charge in [-0.2, -0.15) is 4.68 Å². The van der Waals surface area contributed by atoms with Gasteiger partial charge < -0.3 is 10.2 Å². The van der Waals surface area contributed by atoms with Crippen molar-refractivity contribution < 1.29 is 10.2 Å². The fourth-order valence-corrected chi connectivity index (χ4v) is 6.28. The molecule has 0 saturated heterocycles. The number of thioether (sulfide) groups is 1. The van der Waals surface area contributed by atoms with E-state index in [4.69, 9.17) is 0 Å². The molecule has 8 heteroatoms. The van der Waals surface area contributed by atoms with Crippen molar-refractivity contribution in [2.24, 2.45) is 0 Å². The summed E-state index contributed by atoms with van der Waals surface area (Å²) < 4.78 is 1.62. The molecule has 3 rings (SSSR count). The summed E-state index contributed by atoms with van der Waals surface area (Å²) in [5.41, 5.74) is 0.835. The van der Waals surface area contributed by atoms with Crippen LogP contribution in [0.25, 0.3) is 5.69 Å². The Kier molecular flexibility index (Phi) is 13.8. The third-order valence-electron chi connectivity index (χ3n) is 6.42. The second kappa shape index (κ2) is 17.3. The Morgan fingerprint density at radius 2 is 1.30 bits per heavy atom. The molecule has 0 aliphatic carbocycles. The molecule has 37 heavy (non-hydrogen) atoms. The van der Waals surface area contributed by atoms with Crippen LogP contribution in [0.15, 0.2) is 57.4 Å². The van der Waals surface area contributed by atoms with Gasteiger partial charge in [-0.3, -0.25) is 0 Å². The molecule has 2 aromatic carbocycles. The quantitative estimate of drug-likeness (QED) is 0.0889. The second-order valence-electron chi connectivity index (χ2n) is 9.55. The van der Waals surface area contributed by atoms with Gasteiger partial charge in [-0.25, -0.2) is 0 Å². The minimum absolute atomic E-state index is 0.127. The second-order valence-corrected chi connectivity index (χ2v) is 11.7. The molecule has 6 nitrogen and oxygen atoms in total. The predicted octanol–water partition coefficient (Wildman–Crippen LogP) is 8.80. The number of aromatic hydroxyl groups is 2. The highest BCUT2D eigenvalue weighted by Gasteiger charge is 2.16. The molecule has 0 radical (unpaired) electrons. The SMILES string of the molecule is CCCCCCCCCCCCCCCCSc1cc(O)cc(Sc2nnnn2-c2ccccc2)c1O. The maximum Gasteiger partial charge on any atom is 0.219 e. The molecule has 0 aliphatic heterocycles. The van der Waals surface area contributed by atoms with Crippen LogP contribution in [0.1, 0.15) is 96.8 Å². The third kappa shape index (κ3) is 10.6. The van der Waals surface area contributed by atoms with Crippen LogP contribution in [-0.4, -0.2) is 36.2 Å². The maximum atomic E-state index is 10.9. The van der Waals surface area contributed by atoms with Crippen molar-refractivity contribution in [1.29, 1.82) is 0 Å². The van der Waals surface area contributed by atoms with Gasteiger partial charge in [-0.1, -0.05) is 109 Å². The zero-order valence-electron chi connectivity index (χ0n) is 22.1. The van der Waals surface area contributed by atoms with Crippen LogP contribution in [0, 0.1) is 0 Å². The first kappa shape index (κ1) is 29.4. The van der Waals surface area contributed by atoms with E-state index in [2.05, 4.69) is 22.4 Å². The van der Waals surface area contributed by atoms with E-state index in [1.165, 1.54) is 95.2 Å². The Balaban J connectivity index is 1.33. The van der Waals surface area contributed by atoms with Gasteiger partial charge in [0.2, 0.25) is 5.16 Å². The van der Waals surface area contributed by atoms with Gasteiger partial charge >= 0.3 is 0 Å². The van der Waals surface area contributed by atoms with Gasteiger partial charge in [0.15, 0.2) is 0 Å². The molecule has 0 fully saturated rings. The first-order valence-electron chi connectivity index (χ1n) is 13.9. The van der Waals surface area contributed by atoms with E-state index in [0.29, 0.717) is 14.9 Å². The number of unbranched alkanes of at least 4 members (excludes halogenated alkanes) is 13. The topological polar surface area (TPSA) is 84.1 Å². The summed E-state index contributed by atoms with van der Waals surface area (Å²) in [6.45, 7) is 2.27. The van der Waals surface area contributed by atoms with Gasteiger partial charge in [0.1, 0.15) is 11.5 Å². The lowest BCUT2D eigenvalue weighted by atomic mass is 10.0. The van der Waals surface area contributed by atoms with E-state index >= 15 is 0 Å². The third-order valence-corrected chi connectivity index (χ3v) is 8.51. The first-order valence-corrected chi connectivity index (χ1v) is 15.7. The summed E-state index contributed by atoms with van der Waals surface area (Å²) >= 11 is 2.83. The highest BCUT2D eigenvalue weighted by atomic mass is 32.2.